The number of rotatable bonds is 1. The van der Waals surface area contributed by atoms with Crippen molar-refractivity contribution in [2.75, 3.05) is 0 Å². The summed E-state index contributed by atoms with van der Waals surface area (Å²) < 4.78 is 0. The van der Waals surface area contributed by atoms with E-state index in [1.807, 2.05) is 0 Å². The Bertz CT molecular complexity index is 248. The first-order valence-corrected chi connectivity index (χ1v) is 2.73. The highest BCUT2D eigenvalue weighted by molar-refractivity contribution is 5.86. The molecule has 0 aromatic heterocycles. The van der Waals surface area contributed by atoms with E-state index in [0.717, 1.165) is 6.21 Å². The van der Waals surface area contributed by atoms with Crippen LogP contribution in [0.5, 0.6) is 0 Å². The van der Waals surface area contributed by atoms with E-state index >= 15 is 0 Å². The number of nitrogens with zero attached hydrogens (tertiary/aromatic N) is 1. The zero-order valence-electron chi connectivity index (χ0n) is 5.28. The molecule has 0 saturated carbocycles. The Hall–Kier alpha value is -1.51. The number of allylic oxidation sites excluding steroid dienone is 4. The second-order valence-electron chi connectivity index (χ2n) is 1.95. The lowest BCUT2D eigenvalue weighted by atomic mass is 10.3. The molecule has 0 saturated heterocycles. The molecule has 0 aliphatic heterocycles. The normalized spacial score (nSPS) is 17.8. The van der Waals surface area contributed by atoms with Crippen LogP contribution >= 0.6 is 0 Å². The van der Waals surface area contributed by atoms with Gasteiger partial charge in [-0.15, -0.1) is 0 Å². The molecule has 10 heavy (non-hydrogen) atoms. The second-order valence-corrected chi connectivity index (χ2v) is 1.95. The van der Waals surface area contributed by atoms with Gasteiger partial charge in [0.25, 0.3) is 0 Å². The molecule has 52 valence electrons. The molecule has 0 aromatic rings. The third-order valence-corrected chi connectivity index (χ3v) is 1.16. The smallest absolute Gasteiger partial charge is 0.125 e. The van der Waals surface area contributed by atoms with Crippen LogP contribution in [0.2, 0.25) is 0 Å². The van der Waals surface area contributed by atoms with Gasteiger partial charge in [-0.2, -0.15) is 0 Å². The number of oxime groups is 1. The Balaban J connectivity index is 2.90. The van der Waals surface area contributed by atoms with E-state index in [-0.39, 0.29) is 5.76 Å². The van der Waals surface area contributed by atoms with Crippen LogP contribution in [-0.2, 0) is 0 Å². The van der Waals surface area contributed by atoms with Crippen LogP contribution in [0.25, 0.3) is 0 Å². The maximum atomic E-state index is 9.02. The van der Waals surface area contributed by atoms with Crippen LogP contribution in [0.15, 0.2) is 40.8 Å². The Morgan fingerprint density at radius 3 is 2.60 bits per heavy atom. The number of hydrogen-bond donors (Lipinski definition) is 2. The van der Waals surface area contributed by atoms with Gasteiger partial charge < -0.3 is 10.3 Å². The molecule has 1 rings (SSSR count). The zero-order chi connectivity index (χ0) is 7.56. The van der Waals surface area contributed by atoms with Crippen LogP contribution in [0.1, 0.15) is 0 Å². The van der Waals surface area contributed by atoms with E-state index in [9.17, 15) is 0 Å². The Morgan fingerprint density at radius 2 is 2.20 bits per heavy atom. The Kier molecular flexibility index (Phi) is 1.58. The molecule has 0 heterocycles. The maximum absolute atomic E-state index is 9.02. The SMILES string of the molecule is C=C1C=C(O)C(C=NO)=C1. The first-order chi connectivity index (χ1) is 4.74. The van der Waals surface area contributed by atoms with Crippen molar-refractivity contribution in [2.45, 2.75) is 0 Å². The molecule has 0 unspecified atom stereocenters. The second kappa shape index (κ2) is 2.39. The summed E-state index contributed by atoms with van der Waals surface area (Å²) in [5.74, 6) is 0.0859. The lowest BCUT2D eigenvalue weighted by Gasteiger charge is -1.88. The molecule has 2 N–H and O–H groups in total. The summed E-state index contributed by atoms with van der Waals surface area (Å²) in [6.07, 6.45) is 4.27. The molecule has 3 heteroatoms. The summed E-state index contributed by atoms with van der Waals surface area (Å²) in [6, 6.07) is 0. The van der Waals surface area contributed by atoms with Crippen LogP contribution in [-0.4, -0.2) is 16.5 Å². The fourth-order valence-electron chi connectivity index (χ4n) is 0.740. The average Bonchev–Trinajstić information content (AvgIpc) is 2.13. The average molecular weight is 137 g/mol. The number of aliphatic hydroxyl groups excluding tert-OH is 1. The summed E-state index contributed by atoms with van der Waals surface area (Å²) in [5.41, 5.74) is 1.18. The van der Waals surface area contributed by atoms with E-state index < -0.39 is 0 Å². The zero-order valence-corrected chi connectivity index (χ0v) is 5.28. The van der Waals surface area contributed by atoms with Gasteiger partial charge in [0.15, 0.2) is 0 Å². The monoisotopic (exact) mass is 137 g/mol. The molecular weight excluding hydrogens is 130 g/mol. The van der Waals surface area contributed by atoms with Crippen LogP contribution in [0, 0.1) is 0 Å². The molecule has 1 aliphatic carbocycles. The summed E-state index contributed by atoms with van der Waals surface area (Å²) in [6.45, 7) is 3.58. The van der Waals surface area contributed by atoms with Gasteiger partial charge in [-0.25, -0.2) is 0 Å². The summed E-state index contributed by atoms with van der Waals surface area (Å²) in [4.78, 5) is 0. The first-order valence-electron chi connectivity index (χ1n) is 2.73. The van der Waals surface area contributed by atoms with Crippen LogP contribution in [0.4, 0.5) is 0 Å². The largest absolute Gasteiger partial charge is 0.507 e. The van der Waals surface area contributed by atoms with Gasteiger partial charge in [0.05, 0.1) is 6.21 Å². The van der Waals surface area contributed by atoms with E-state index in [1.54, 1.807) is 6.08 Å². The van der Waals surface area contributed by atoms with Crippen LogP contribution < -0.4 is 0 Å². The molecule has 0 bridgehead atoms. The molecule has 1 aliphatic rings. The number of aliphatic hydroxyl groups is 1. The molecule has 0 fully saturated rings. The minimum Gasteiger partial charge on any atom is -0.507 e. The van der Waals surface area contributed by atoms with Gasteiger partial charge in [-0.05, 0) is 17.7 Å². The molecule has 3 nitrogen and oxygen atoms in total. The third-order valence-electron chi connectivity index (χ3n) is 1.16. The van der Waals surface area contributed by atoms with Crippen molar-refractivity contribution in [3.8, 4) is 0 Å². The fraction of sp³-hybridized carbons (Fsp3) is 0. The fourth-order valence-corrected chi connectivity index (χ4v) is 0.740. The van der Waals surface area contributed by atoms with Crippen molar-refractivity contribution in [2.24, 2.45) is 5.16 Å². The van der Waals surface area contributed by atoms with Crippen molar-refractivity contribution in [3.05, 3.63) is 35.6 Å². The minimum atomic E-state index is 0.0859. The van der Waals surface area contributed by atoms with Gasteiger partial charge >= 0.3 is 0 Å². The Morgan fingerprint density at radius 1 is 1.50 bits per heavy atom. The summed E-state index contributed by atoms with van der Waals surface area (Å²) in [5, 5.41) is 19.9. The van der Waals surface area contributed by atoms with Gasteiger partial charge in [-0.1, -0.05) is 11.7 Å². The number of hydrogen-bond acceptors (Lipinski definition) is 3. The quantitative estimate of drug-likeness (QED) is 0.326. The van der Waals surface area contributed by atoms with Crippen molar-refractivity contribution >= 4 is 6.21 Å². The van der Waals surface area contributed by atoms with Gasteiger partial charge in [0.1, 0.15) is 5.76 Å². The highest BCUT2D eigenvalue weighted by Gasteiger charge is 2.07. The lowest BCUT2D eigenvalue weighted by molar-refractivity contribution is 0.321. The molecule has 0 radical (unpaired) electrons. The van der Waals surface area contributed by atoms with E-state index in [2.05, 4.69) is 11.7 Å². The lowest BCUT2D eigenvalue weighted by Crippen LogP contribution is -1.84. The Labute approximate surface area is 58.3 Å². The van der Waals surface area contributed by atoms with Crippen LogP contribution in [0.3, 0.4) is 0 Å². The summed E-state index contributed by atoms with van der Waals surface area (Å²) >= 11 is 0. The van der Waals surface area contributed by atoms with Crippen molar-refractivity contribution in [3.63, 3.8) is 0 Å². The molecular formula is C7H7NO2. The molecule has 0 aromatic carbocycles. The maximum Gasteiger partial charge on any atom is 0.125 e. The topological polar surface area (TPSA) is 52.8 Å². The molecule has 0 amide bonds. The predicted molar refractivity (Wildman–Crippen MR) is 38.2 cm³/mol. The van der Waals surface area contributed by atoms with Crippen molar-refractivity contribution in [1.82, 2.24) is 0 Å². The third kappa shape index (κ3) is 1.07. The predicted octanol–water partition coefficient (Wildman–Crippen LogP) is 1.38. The first kappa shape index (κ1) is 6.61. The van der Waals surface area contributed by atoms with E-state index in [1.165, 1.54) is 6.08 Å². The molecule has 0 spiro atoms. The highest BCUT2D eigenvalue weighted by atomic mass is 16.4. The standard InChI is InChI=1S/C7H7NO2/c1-5-2-6(4-8-10)7(9)3-5/h2-4,9-10H,1H2. The minimum absolute atomic E-state index is 0.0859. The van der Waals surface area contributed by atoms with Gasteiger partial charge in [0.2, 0.25) is 0 Å². The van der Waals surface area contributed by atoms with E-state index in [4.69, 9.17) is 10.3 Å². The van der Waals surface area contributed by atoms with Gasteiger partial charge in [0, 0.05) is 5.57 Å². The van der Waals surface area contributed by atoms with Crippen molar-refractivity contribution in [1.29, 1.82) is 0 Å². The van der Waals surface area contributed by atoms with Crippen molar-refractivity contribution < 1.29 is 10.3 Å². The molecule has 0 atom stereocenters. The summed E-state index contributed by atoms with van der Waals surface area (Å²) in [7, 11) is 0. The van der Waals surface area contributed by atoms with Gasteiger partial charge in [-0.3, -0.25) is 0 Å². The highest BCUT2D eigenvalue weighted by Crippen LogP contribution is 2.17. The van der Waals surface area contributed by atoms with E-state index in [0.29, 0.717) is 11.1 Å².